The standard InChI is InChI=1S/C20H19FN2O4/c21-15-4-1-3-13(9-15)12-27-16-6-5-14-11-23(18(24)17(14)10-16)20(19(25)26)7-2-8-22-20/h1,3-6,9-10,22H,2,7-8,11-12H2,(H,25,26)/t20-/m1/s1. The minimum absolute atomic E-state index is 0.176. The molecule has 4 rings (SSSR count). The Labute approximate surface area is 155 Å². The summed E-state index contributed by atoms with van der Waals surface area (Å²) in [5.74, 6) is -1.21. The van der Waals surface area contributed by atoms with Crippen molar-refractivity contribution in [1.82, 2.24) is 10.2 Å². The number of carboxylic acid groups (broad SMARTS) is 1. The Morgan fingerprint density at radius 3 is 2.85 bits per heavy atom. The molecule has 27 heavy (non-hydrogen) atoms. The molecule has 1 atom stereocenters. The Hall–Kier alpha value is -2.93. The first kappa shape index (κ1) is 17.5. The number of nitrogens with zero attached hydrogens (tertiary/aromatic N) is 1. The monoisotopic (exact) mass is 370 g/mol. The highest BCUT2D eigenvalue weighted by Gasteiger charge is 2.51. The second-order valence-electron chi connectivity index (χ2n) is 6.82. The number of hydrogen-bond donors (Lipinski definition) is 2. The number of rotatable bonds is 5. The average molecular weight is 370 g/mol. The van der Waals surface area contributed by atoms with E-state index in [0.29, 0.717) is 36.3 Å². The summed E-state index contributed by atoms with van der Waals surface area (Å²) in [6.07, 6.45) is 1.08. The van der Waals surface area contributed by atoms with Gasteiger partial charge in [0.05, 0.1) is 0 Å². The van der Waals surface area contributed by atoms with Gasteiger partial charge in [0.1, 0.15) is 18.2 Å². The molecule has 2 aromatic rings. The number of halogens is 1. The lowest BCUT2D eigenvalue weighted by Crippen LogP contribution is -2.61. The Kier molecular flexibility index (Phi) is 4.31. The highest BCUT2D eigenvalue weighted by molar-refractivity contribution is 6.01. The van der Waals surface area contributed by atoms with E-state index in [2.05, 4.69) is 5.32 Å². The van der Waals surface area contributed by atoms with Crippen LogP contribution in [-0.2, 0) is 17.9 Å². The summed E-state index contributed by atoms with van der Waals surface area (Å²) in [5, 5.41) is 12.7. The molecule has 1 amide bonds. The summed E-state index contributed by atoms with van der Waals surface area (Å²) in [7, 11) is 0. The molecular weight excluding hydrogens is 351 g/mol. The molecule has 0 saturated carbocycles. The fourth-order valence-corrected chi connectivity index (χ4v) is 3.73. The second-order valence-corrected chi connectivity index (χ2v) is 6.82. The lowest BCUT2D eigenvalue weighted by molar-refractivity contribution is -0.151. The van der Waals surface area contributed by atoms with Crippen LogP contribution in [0.15, 0.2) is 42.5 Å². The second kappa shape index (κ2) is 6.66. The van der Waals surface area contributed by atoms with E-state index in [0.717, 1.165) is 5.56 Å². The van der Waals surface area contributed by atoms with E-state index in [4.69, 9.17) is 4.74 Å². The van der Waals surface area contributed by atoms with Crippen molar-refractivity contribution in [3.05, 3.63) is 65.0 Å². The number of benzene rings is 2. The van der Waals surface area contributed by atoms with Crippen molar-refractivity contribution in [1.29, 1.82) is 0 Å². The van der Waals surface area contributed by atoms with Gasteiger partial charge in [-0.05, 0) is 54.8 Å². The Balaban J connectivity index is 1.54. The third kappa shape index (κ3) is 3.04. The number of carbonyl (C=O) groups is 2. The van der Waals surface area contributed by atoms with Gasteiger partial charge in [0.15, 0.2) is 5.66 Å². The zero-order chi connectivity index (χ0) is 19.0. The summed E-state index contributed by atoms with van der Waals surface area (Å²) in [5.41, 5.74) is 0.551. The molecule has 2 aliphatic heterocycles. The van der Waals surface area contributed by atoms with Gasteiger partial charge in [-0.2, -0.15) is 0 Å². The SMILES string of the molecule is O=C1c2cc(OCc3cccc(F)c3)ccc2CN1[C@@]1(C(=O)O)CCCN1. The summed E-state index contributed by atoms with van der Waals surface area (Å²) in [6.45, 7) is 0.987. The van der Waals surface area contributed by atoms with Crippen LogP contribution in [0.25, 0.3) is 0 Å². The van der Waals surface area contributed by atoms with Crippen LogP contribution in [0, 0.1) is 5.82 Å². The summed E-state index contributed by atoms with van der Waals surface area (Å²) in [6, 6.07) is 11.3. The van der Waals surface area contributed by atoms with E-state index in [9.17, 15) is 19.1 Å². The van der Waals surface area contributed by atoms with Crippen LogP contribution >= 0.6 is 0 Å². The normalized spacial score (nSPS) is 21.4. The van der Waals surface area contributed by atoms with E-state index in [-0.39, 0.29) is 24.9 Å². The minimum Gasteiger partial charge on any atom is -0.489 e. The smallest absolute Gasteiger partial charge is 0.344 e. The van der Waals surface area contributed by atoms with Crippen LogP contribution in [0.4, 0.5) is 4.39 Å². The van der Waals surface area contributed by atoms with Crippen LogP contribution < -0.4 is 10.1 Å². The molecule has 0 radical (unpaired) electrons. The molecular formula is C20H19FN2O4. The van der Waals surface area contributed by atoms with Crippen molar-refractivity contribution in [3.8, 4) is 5.75 Å². The molecule has 7 heteroatoms. The Morgan fingerprint density at radius 1 is 1.30 bits per heavy atom. The van der Waals surface area contributed by atoms with Crippen molar-refractivity contribution < 1.29 is 23.8 Å². The molecule has 0 bridgehead atoms. The topological polar surface area (TPSA) is 78.9 Å². The number of fused-ring (bicyclic) bond motifs is 1. The van der Waals surface area contributed by atoms with Crippen LogP contribution in [-0.4, -0.2) is 34.1 Å². The fourth-order valence-electron chi connectivity index (χ4n) is 3.73. The van der Waals surface area contributed by atoms with E-state index in [1.165, 1.54) is 17.0 Å². The molecule has 140 valence electrons. The molecule has 2 aromatic carbocycles. The third-order valence-electron chi connectivity index (χ3n) is 5.13. The third-order valence-corrected chi connectivity index (χ3v) is 5.13. The number of nitrogens with one attached hydrogen (secondary N) is 1. The van der Waals surface area contributed by atoms with Crippen molar-refractivity contribution in [3.63, 3.8) is 0 Å². The van der Waals surface area contributed by atoms with Crippen molar-refractivity contribution in [2.24, 2.45) is 0 Å². The summed E-state index contributed by atoms with van der Waals surface area (Å²) < 4.78 is 18.9. The van der Waals surface area contributed by atoms with Crippen molar-refractivity contribution >= 4 is 11.9 Å². The molecule has 1 fully saturated rings. The van der Waals surface area contributed by atoms with E-state index in [1.54, 1.807) is 30.3 Å². The zero-order valence-corrected chi connectivity index (χ0v) is 14.6. The van der Waals surface area contributed by atoms with E-state index in [1.807, 2.05) is 0 Å². The van der Waals surface area contributed by atoms with Gasteiger partial charge in [0, 0.05) is 12.1 Å². The predicted molar refractivity (Wildman–Crippen MR) is 94.7 cm³/mol. The first-order valence-corrected chi connectivity index (χ1v) is 8.80. The molecule has 0 unspecified atom stereocenters. The van der Waals surface area contributed by atoms with Crippen LogP contribution in [0.1, 0.15) is 34.3 Å². The number of aliphatic carboxylic acids is 1. The number of ether oxygens (including phenoxy) is 1. The molecule has 6 nitrogen and oxygen atoms in total. The molecule has 0 spiro atoms. The molecule has 1 saturated heterocycles. The van der Waals surface area contributed by atoms with Gasteiger partial charge in [-0.25, -0.2) is 9.18 Å². The number of hydrogen-bond acceptors (Lipinski definition) is 4. The summed E-state index contributed by atoms with van der Waals surface area (Å²) in [4.78, 5) is 26.1. The summed E-state index contributed by atoms with van der Waals surface area (Å²) >= 11 is 0. The van der Waals surface area contributed by atoms with Crippen LogP contribution in [0.3, 0.4) is 0 Å². The van der Waals surface area contributed by atoms with Gasteiger partial charge < -0.3 is 14.7 Å². The molecule has 0 aliphatic carbocycles. The lowest BCUT2D eigenvalue weighted by Gasteiger charge is -2.34. The van der Waals surface area contributed by atoms with Gasteiger partial charge in [-0.3, -0.25) is 10.1 Å². The Bertz CT molecular complexity index is 909. The van der Waals surface area contributed by atoms with Crippen LogP contribution in [0.2, 0.25) is 0 Å². The maximum atomic E-state index is 13.3. The van der Waals surface area contributed by atoms with Crippen molar-refractivity contribution in [2.45, 2.75) is 31.7 Å². The highest BCUT2D eigenvalue weighted by Crippen LogP contribution is 2.35. The number of amides is 1. The molecule has 2 heterocycles. The molecule has 2 N–H and O–H groups in total. The van der Waals surface area contributed by atoms with Crippen molar-refractivity contribution in [2.75, 3.05) is 6.54 Å². The molecule has 2 aliphatic rings. The quantitative estimate of drug-likeness (QED) is 0.846. The first-order chi connectivity index (χ1) is 13.0. The average Bonchev–Trinajstić information content (AvgIpc) is 3.26. The highest BCUT2D eigenvalue weighted by atomic mass is 19.1. The number of carboxylic acids is 1. The fraction of sp³-hybridized carbons (Fsp3) is 0.300. The van der Waals surface area contributed by atoms with Gasteiger partial charge in [0.25, 0.3) is 5.91 Å². The lowest BCUT2D eigenvalue weighted by atomic mass is 10.1. The Morgan fingerprint density at radius 2 is 2.15 bits per heavy atom. The van der Waals surface area contributed by atoms with E-state index >= 15 is 0 Å². The van der Waals surface area contributed by atoms with Gasteiger partial charge in [-0.1, -0.05) is 18.2 Å². The maximum absolute atomic E-state index is 13.3. The van der Waals surface area contributed by atoms with Gasteiger partial charge in [0.2, 0.25) is 0 Å². The predicted octanol–water partition coefficient (Wildman–Crippen LogP) is 2.52. The van der Waals surface area contributed by atoms with E-state index < -0.39 is 11.6 Å². The number of carbonyl (C=O) groups excluding carboxylic acids is 1. The largest absolute Gasteiger partial charge is 0.489 e. The van der Waals surface area contributed by atoms with Gasteiger partial charge >= 0.3 is 5.97 Å². The zero-order valence-electron chi connectivity index (χ0n) is 14.6. The first-order valence-electron chi connectivity index (χ1n) is 8.80. The minimum atomic E-state index is -1.35. The molecule has 0 aromatic heterocycles. The maximum Gasteiger partial charge on any atom is 0.344 e. The van der Waals surface area contributed by atoms with Crippen LogP contribution in [0.5, 0.6) is 5.75 Å². The van der Waals surface area contributed by atoms with Gasteiger partial charge in [-0.15, -0.1) is 0 Å².